The summed E-state index contributed by atoms with van der Waals surface area (Å²) in [5.74, 6) is -0.694. The minimum absolute atomic E-state index is 0.108. The van der Waals surface area contributed by atoms with Crippen molar-refractivity contribution in [2.75, 3.05) is 0 Å². The minimum Gasteiger partial charge on any atom is -0.457 e. The highest BCUT2D eigenvalue weighted by atomic mass is 16.6. The van der Waals surface area contributed by atoms with Gasteiger partial charge in [0.25, 0.3) is 0 Å². The monoisotopic (exact) mass is 233 g/mol. The Morgan fingerprint density at radius 3 is 3.06 bits per heavy atom. The lowest BCUT2D eigenvalue weighted by molar-refractivity contribution is -0.152. The summed E-state index contributed by atoms with van der Waals surface area (Å²) in [6.45, 7) is 0. The zero-order valence-corrected chi connectivity index (χ0v) is 8.91. The number of aliphatic hydroxyl groups excluding tert-OH is 1. The summed E-state index contributed by atoms with van der Waals surface area (Å²) < 4.78 is 4.94. The molecule has 0 aromatic carbocycles. The summed E-state index contributed by atoms with van der Waals surface area (Å²) >= 11 is 0. The number of nitrogens with zero attached hydrogens (tertiary/aromatic N) is 1. The topological polar surface area (TPSA) is 79.7 Å². The molecule has 2 bridgehead atoms. The molecule has 17 heavy (non-hydrogen) atoms. The fourth-order valence-electron chi connectivity index (χ4n) is 2.30. The first kappa shape index (κ1) is 10.4. The summed E-state index contributed by atoms with van der Waals surface area (Å²) in [4.78, 5) is 15.4. The SMILES string of the molecule is O=C1O[C@@H]2C[C@@]1(O)C=C(c1cccnc1)[C@H]2O. The zero-order chi connectivity index (χ0) is 12.0. The molecule has 2 N–H and O–H groups in total. The number of aromatic nitrogens is 1. The van der Waals surface area contributed by atoms with Gasteiger partial charge in [-0.15, -0.1) is 0 Å². The lowest BCUT2D eigenvalue weighted by atomic mass is 9.83. The van der Waals surface area contributed by atoms with Crippen molar-refractivity contribution in [1.82, 2.24) is 4.98 Å². The van der Waals surface area contributed by atoms with E-state index in [-0.39, 0.29) is 6.42 Å². The molecule has 1 aromatic heterocycles. The number of pyridine rings is 1. The number of esters is 1. The van der Waals surface area contributed by atoms with Crippen molar-refractivity contribution in [3.05, 3.63) is 36.2 Å². The maximum atomic E-state index is 11.5. The molecule has 3 atom stereocenters. The summed E-state index contributed by atoms with van der Waals surface area (Å²) in [7, 11) is 0. The Morgan fingerprint density at radius 2 is 2.35 bits per heavy atom. The second-order valence-corrected chi connectivity index (χ2v) is 4.36. The van der Waals surface area contributed by atoms with Crippen LogP contribution >= 0.6 is 0 Å². The molecule has 88 valence electrons. The van der Waals surface area contributed by atoms with Crippen LogP contribution in [0.4, 0.5) is 0 Å². The number of carbonyl (C=O) groups excluding carboxylic acids is 1. The molecule has 3 rings (SSSR count). The molecule has 0 unspecified atom stereocenters. The molecule has 0 amide bonds. The van der Waals surface area contributed by atoms with Crippen molar-refractivity contribution >= 4 is 11.5 Å². The Balaban J connectivity index is 2.09. The third-order valence-electron chi connectivity index (χ3n) is 3.18. The highest BCUT2D eigenvalue weighted by Crippen LogP contribution is 2.40. The first-order chi connectivity index (χ1) is 8.10. The van der Waals surface area contributed by atoms with Crippen LogP contribution in [0.5, 0.6) is 0 Å². The first-order valence-corrected chi connectivity index (χ1v) is 5.35. The molecular weight excluding hydrogens is 222 g/mol. The van der Waals surface area contributed by atoms with Crippen molar-refractivity contribution in [2.45, 2.75) is 24.2 Å². The van der Waals surface area contributed by atoms with Gasteiger partial charge in [-0.2, -0.15) is 0 Å². The Morgan fingerprint density at radius 1 is 1.53 bits per heavy atom. The molecule has 0 spiro atoms. The van der Waals surface area contributed by atoms with Gasteiger partial charge in [0.05, 0.1) is 0 Å². The van der Waals surface area contributed by atoms with Crippen molar-refractivity contribution < 1.29 is 19.7 Å². The van der Waals surface area contributed by atoms with E-state index in [1.165, 1.54) is 6.08 Å². The average molecular weight is 233 g/mol. The normalized spacial score (nSPS) is 35.4. The van der Waals surface area contributed by atoms with Gasteiger partial charge in [0, 0.05) is 18.8 Å². The van der Waals surface area contributed by atoms with Crippen molar-refractivity contribution in [3.8, 4) is 0 Å². The fraction of sp³-hybridized carbons (Fsp3) is 0.333. The van der Waals surface area contributed by atoms with E-state index in [1.54, 1.807) is 24.5 Å². The molecule has 1 aliphatic heterocycles. The van der Waals surface area contributed by atoms with Crippen LogP contribution in [0.1, 0.15) is 12.0 Å². The van der Waals surface area contributed by atoms with Gasteiger partial charge in [0.15, 0.2) is 5.60 Å². The van der Waals surface area contributed by atoms with E-state index in [2.05, 4.69) is 4.98 Å². The molecule has 1 saturated heterocycles. The Hall–Kier alpha value is -1.72. The molecule has 5 nitrogen and oxygen atoms in total. The molecule has 1 aliphatic carbocycles. The number of carbonyl (C=O) groups is 1. The second kappa shape index (κ2) is 3.38. The summed E-state index contributed by atoms with van der Waals surface area (Å²) in [6.07, 6.45) is 3.09. The predicted octanol–water partition coefficient (Wildman–Crippen LogP) is -0.114. The van der Waals surface area contributed by atoms with E-state index in [4.69, 9.17) is 4.74 Å². The first-order valence-electron chi connectivity index (χ1n) is 5.35. The Bertz CT molecular complexity index is 498. The van der Waals surface area contributed by atoms with Crippen molar-refractivity contribution in [3.63, 3.8) is 0 Å². The number of hydrogen-bond acceptors (Lipinski definition) is 5. The van der Waals surface area contributed by atoms with Gasteiger partial charge in [0.2, 0.25) is 0 Å². The molecule has 5 heteroatoms. The van der Waals surface area contributed by atoms with Crippen LogP contribution in [-0.4, -0.2) is 39.0 Å². The van der Waals surface area contributed by atoms with Crippen LogP contribution in [0, 0.1) is 0 Å². The molecular formula is C12H11NO4. The average Bonchev–Trinajstić information content (AvgIpc) is 2.59. The summed E-state index contributed by atoms with van der Waals surface area (Å²) in [6, 6.07) is 3.49. The number of hydrogen-bond donors (Lipinski definition) is 2. The molecule has 1 aromatic rings. The van der Waals surface area contributed by atoms with E-state index in [0.29, 0.717) is 11.1 Å². The van der Waals surface area contributed by atoms with Crippen LogP contribution in [-0.2, 0) is 9.53 Å². The lowest BCUT2D eigenvalue weighted by Gasteiger charge is -2.26. The van der Waals surface area contributed by atoms with Crippen LogP contribution < -0.4 is 0 Å². The van der Waals surface area contributed by atoms with Crippen LogP contribution in [0.3, 0.4) is 0 Å². The van der Waals surface area contributed by atoms with Gasteiger partial charge < -0.3 is 14.9 Å². The number of rotatable bonds is 1. The van der Waals surface area contributed by atoms with Gasteiger partial charge >= 0.3 is 5.97 Å². The van der Waals surface area contributed by atoms with Crippen molar-refractivity contribution in [1.29, 1.82) is 0 Å². The largest absolute Gasteiger partial charge is 0.457 e. The summed E-state index contributed by atoms with van der Waals surface area (Å²) in [5, 5.41) is 20.1. The molecule has 2 heterocycles. The van der Waals surface area contributed by atoms with E-state index < -0.39 is 23.8 Å². The Labute approximate surface area is 97.4 Å². The zero-order valence-electron chi connectivity index (χ0n) is 8.91. The number of ether oxygens (including phenoxy) is 1. The predicted molar refractivity (Wildman–Crippen MR) is 57.7 cm³/mol. The van der Waals surface area contributed by atoms with Crippen LogP contribution in [0.2, 0.25) is 0 Å². The van der Waals surface area contributed by atoms with Gasteiger partial charge in [-0.05, 0) is 23.3 Å². The van der Waals surface area contributed by atoms with Crippen LogP contribution in [0.25, 0.3) is 5.57 Å². The minimum atomic E-state index is -1.60. The van der Waals surface area contributed by atoms with E-state index >= 15 is 0 Å². The highest BCUT2D eigenvalue weighted by Gasteiger charge is 2.53. The van der Waals surface area contributed by atoms with E-state index in [9.17, 15) is 15.0 Å². The molecule has 1 fully saturated rings. The maximum Gasteiger partial charge on any atom is 0.342 e. The van der Waals surface area contributed by atoms with Crippen molar-refractivity contribution in [2.24, 2.45) is 0 Å². The van der Waals surface area contributed by atoms with Gasteiger partial charge in [0.1, 0.15) is 12.2 Å². The molecule has 0 radical (unpaired) electrons. The lowest BCUT2D eigenvalue weighted by Crippen LogP contribution is -2.37. The maximum absolute atomic E-state index is 11.5. The third kappa shape index (κ3) is 1.47. The van der Waals surface area contributed by atoms with Gasteiger partial charge in [-0.25, -0.2) is 4.79 Å². The quantitative estimate of drug-likeness (QED) is 0.661. The van der Waals surface area contributed by atoms with E-state index in [1.807, 2.05) is 0 Å². The van der Waals surface area contributed by atoms with Gasteiger partial charge in [-0.1, -0.05) is 6.07 Å². The third-order valence-corrected chi connectivity index (χ3v) is 3.18. The number of aliphatic hydroxyl groups is 2. The molecule has 0 saturated carbocycles. The fourth-order valence-corrected chi connectivity index (χ4v) is 2.30. The smallest absolute Gasteiger partial charge is 0.342 e. The van der Waals surface area contributed by atoms with Gasteiger partial charge in [-0.3, -0.25) is 4.98 Å². The number of fused-ring (bicyclic) bond motifs is 2. The van der Waals surface area contributed by atoms with E-state index in [0.717, 1.165) is 0 Å². The Kier molecular flexibility index (Phi) is 2.08. The highest BCUT2D eigenvalue weighted by molar-refractivity contribution is 5.90. The van der Waals surface area contributed by atoms with Crippen LogP contribution in [0.15, 0.2) is 30.6 Å². The molecule has 2 aliphatic rings. The standard InChI is InChI=1S/C12H11NO4/c14-10-8(7-2-1-3-13-6-7)4-12(16)5-9(10)17-11(12)15/h1-4,6,9-10,14,16H,5H2/t9-,10-,12+/m1/s1. The second-order valence-electron chi connectivity index (χ2n) is 4.36. The summed E-state index contributed by atoms with van der Waals surface area (Å²) in [5.41, 5.74) is -0.432.